The van der Waals surface area contributed by atoms with Crippen LogP contribution in [-0.4, -0.2) is 0 Å². The van der Waals surface area contributed by atoms with E-state index in [4.69, 9.17) is 0 Å². The number of aryl methyl sites for hydroxylation is 1. The highest BCUT2D eigenvalue weighted by Gasteiger charge is 1.93. The average Bonchev–Trinajstić information content (AvgIpc) is 2.05. The van der Waals surface area contributed by atoms with E-state index >= 15 is 0 Å². The summed E-state index contributed by atoms with van der Waals surface area (Å²) in [5.41, 5.74) is 1.41. The zero-order valence-corrected chi connectivity index (χ0v) is 9.02. The normalized spacial score (nSPS) is 10.2. The Bertz CT molecular complexity index is 230. The predicted molar refractivity (Wildman–Crippen MR) is 56.2 cm³/mol. The highest BCUT2D eigenvalue weighted by molar-refractivity contribution is 9.10. The lowest BCUT2D eigenvalue weighted by molar-refractivity contribution is 0.717. The number of halogens is 1. The van der Waals surface area contributed by atoms with Crippen molar-refractivity contribution in [3.05, 3.63) is 34.3 Å². The van der Waals surface area contributed by atoms with Gasteiger partial charge in [-0.05, 0) is 30.5 Å². The van der Waals surface area contributed by atoms with E-state index in [1.165, 1.54) is 31.2 Å². The molecule has 0 amide bonds. The van der Waals surface area contributed by atoms with Gasteiger partial charge in [0.15, 0.2) is 0 Å². The van der Waals surface area contributed by atoms with Crippen LogP contribution in [0.15, 0.2) is 22.7 Å². The summed E-state index contributed by atoms with van der Waals surface area (Å²) >= 11 is 3.42. The Balaban J connectivity index is 2.41. The minimum atomic E-state index is 1.07. The van der Waals surface area contributed by atoms with Crippen molar-refractivity contribution in [3.8, 4) is 0 Å². The molecule has 0 aromatic heterocycles. The van der Waals surface area contributed by atoms with Crippen molar-refractivity contribution < 1.29 is 0 Å². The number of rotatable bonds is 4. The second-order valence-corrected chi connectivity index (χ2v) is 3.86. The van der Waals surface area contributed by atoms with Crippen LogP contribution in [0.4, 0.5) is 0 Å². The summed E-state index contributed by atoms with van der Waals surface area (Å²) in [7, 11) is 0. The first-order chi connectivity index (χ1) is 5.83. The Morgan fingerprint density at radius 1 is 1.42 bits per heavy atom. The Morgan fingerprint density at radius 3 is 2.92 bits per heavy atom. The quantitative estimate of drug-likeness (QED) is 0.681. The predicted octanol–water partition coefficient (Wildman–Crippen LogP) is 3.98. The molecule has 0 aliphatic heterocycles. The third-order valence-corrected chi connectivity index (χ3v) is 2.36. The van der Waals surface area contributed by atoms with Crippen LogP contribution < -0.4 is 0 Å². The van der Waals surface area contributed by atoms with Crippen LogP contribution in [0.25, 0.3) is 0 Å². The van der Waals surface area contributed by atoms with E-state index in [0.29, 0.717) is 0 Å². The molecule has 1 radical (unpaired) electrons. The first-order valence-electron chi connectivity index (χ1n) is 4.49. The summed E-state index contributed by atoms with van der Waals surface area (Å²) in [6, 6.07) is 9.34. The molecule has 1 heteroatoms. The smallest absolute Gasteiger partial charge is 0.0256 e. The van der Waals surface area contributed by atoms with E-state index in [-0.39, 0.29) is 0 Å². The molecule has 0 unspecified atom stereocenters. The third kappa shape index (κ3) is 3.40. The minimum absolute atomic E-state index is 1.07. The van der Waals surface area contributed by atoms with Gasteiger partial charge in [-0.1, -0.05) is 47.8 Å². The molecular weight excluding hydrogens is 212 g/mol. The zero-order valence-electron chi connectivity index (χ0n) is 7.44. The van der Waals surface area contributed by atoms with Crippen LogP contribution >= 0.6 is 15.9 Å². The Kier molecular flexibility index (Phi) is 4.37. The van der Waals surface area contributed by atoms with E-state index in [0.717, 1.165) is 4.47 Å². The first-order valence-corrected chi connectivity index (χ1v) is 5.28. The molecular formula is C11H14Br. The summed E-state index contributed by atoms with van der Waals surface area (Å²) < 4.78 is 1.07. The maximum atomic E-state index is 3.42. The Morgan fingerprint density at radius 2 is 2.25 bits per heavy atom. The number of hydrogen-bond donors (Lipinski definition) is 0. The molecule has 0 spiro atoms. The number of hydrogen-bond acceptors (Lipinski definition) is 0. The largest absolute Gasteiger partial charge is 0.0654 e. The minimum Gasteiger partial charge on any atom is -0.0654 e. The summed E-state index contributed by atoms with van der Waals surface area (Å²) in [6.45, 7) is 2.23. The fourth-order valence-corrected chi connectivity index (χ4v) is 1.64. The molecule has 1 aromatic rings. The average molecular weight is 226 g/mol. The number of unbranched alkanes of at least 4 members (excludes halogenated alkanes) is 2. The Hall–Kier alpha value is -0.300. The maximum Gasteiger partial charge on any atom is 0.0256 e. The highest BCUT2D eigenvalue weighted by Crippen LogP contribution is 2.13. The van der Waals surface area contributed by atoms with Crippen LogP contribution in [0.1, 0.15) is 31.7 Å². The molecule has 0 atom stereocenters. The zero-order chi connectivity index (χ0) is 8.81. The monoisotopic (exact) mass is 225 g/mol. The summed E-state index contributed by atoms with van der Waals surface area (Å²) in [4.78, 5) is 0. The van der Waals surface area contributed by atoms with Crippen LogP contribution in [0.2, 0.25) is 0 Å². The van der Waals surface area contributed by atoms with Crippen LogP contribution in [0.3, 0.4) is 0 Å². The van der Waals surface area contributed by atoms with Gasteiger partial charge < -0.3 is 0 Å². The fraction of sp³-hybridized carbons (Fsp3) is 0.455. The molecule has 65 valence electrons. The van der Waals surface area contributed by atoms with Gasteiger partial charge in [-0.2, -0.15) is 0 Å². The van der Waals surface area contributed by atoms with Gasteiger partial charge in [0, 0.05) is 4.47 Å². The van der Waals surface area contributed by atoms with Gasteiger partial charge >= 0.3 is 0 Å². The van der Waals surface area contributed by atoms with Gasteiger partial charge in [0.1, 0.15) is 0 Å². The van der Waals surface area contributed by atoms with Crippen molar-refractivity contribution in [1.29, 1.82) is 0 Å². The molecule has 0 fully saturated rings. The van der Waals surface area contributed by atoms with E-state index in [2.05, 4.69) is 41.1 Å². The van der Waals surface area contributed by atoms with E-state index in [1.807, 2.05) is 6.07 Å². The van der Waals surface area contributed by atoms with Gasteiger partial charge in [-0.3, -0.25) is 0 Å². The highest BCUT2D eigenvalue weighted by atomic mass is 79.9. The lowest BCUT2D eigenvalue weighted by atomic mass is 10.1. The van der Waals surface area contributed by atoms with Gasteiger partial charge in [-0.25, -0.2) is 0 Å². The van der Waals surface area contributed by atoms with E-state index in [1.54, 1.807) is 0 Å². The molecule has 12 heavy (non-hydrogen) atoms. The first kappa shape index (κ1) is 9.79. The molecule has 0 aliphatic rings. The molecule has 0 saturated heterocycles. The van der Waals surface area contributed by atoms with Crippen LogP contribution in [-0.2, 0) is 6.42 Å². The Labute approximate surface area is 83.1 Å². The summed E-state index contributed by atoms with van der Waals surface area (Å²) in [6.07, 6.45) is 5.12. The lowest BCUT2D eigenvalue weighted by Crippen LogP contribution is -1.84. The van der Waals surface area contributed by atoms with Gasteiger partial charge in [0.05, 0.1) is 0 Å². The van der Waals surface area contributed by atoms with Gasteiger partial charge in [0.2, 0.25) is 0 Å². The molecule has 0 N–H and O–H groups in total. The van der Waals surface area contributed by atoms with Crippen molar-refractivity contribution in [2.45, 2.75) is 32.6 Å². The van der Waals surface area contributed by atoms with Crippen LogP contribution in [0, 0.1) is 6.07 Å². The second kappa shape index (κ2) is 5.36. The molecule has 0 saturated carbocycles. The van der Waals surface area contributed by atoms with E-state index in [9.17, 15) is 0 Å². The molecule has 0 aliphatic carbocycles. The topological polar surface area (TPSA) is 0 Å². The molecule has 0 nitrogen and oxygen atoms in total. The maximum absolute atomic E-state index is 3.42. The van der Waals surface area contributed by atoms with Gasteiger partial charge in [0.25, 0.3) is 0 Å². The third-order valence-electron chi connectivity index (χ3n) is 1.90. The summed E-state index contributed by atoms with van der Waals surface area (Å²) in [5, 5.41) is 0. The summed E-state index contributed by atoms with van der Waals surface area (Å²) in [5.74, 6) is 0. The SMILES string of the molecule is CCCCCc1cc[c]c(Br)c1. The van der Waals surface area contributed by atoms with Crippen molar-refractivity contribution in [1.82, 2.24) is 0 Å². The number of benzene rings is 1. The van der Waals surface area contributed by atoms with Crippen molar-refractivity contribution in [2.24, 2.45) is 0 Å². The second-order valence-electron chi connectivity index (χ2n) is 3.00. The molecule has 0 heterocycles. The van der Waals surface area contributed by atoms with Gasteiger partial charge in [-0.15, -0.1) is 0 Å². The van der Waals surface area contributed by atoms with E-state index < -0.39 is 0 Å². The molecule has 1 rings (SSSR count). The van der Waals surface area contributed by atoms with Crippen LogP contribution in [0.5, 0.6) is 0 Å². The molecule has 0 bridgehead atoms. The lowest BCUT2D eigenvalue weighted by Gasteiger charge is -1.99. The fourth-order valence-electron chi connectivity index (χ4n) is 1.22. The van der Waals surface area contributed by atoms with Crippen molar-refractivity contribution in [3.63, 3.8) is 0 Å². The molecule has 1 aromatic carbocycles. The van der Waals surface area contributed by atoms with Crippen molar-refractivity contribution in [2.75, 3.05) is 0 Å². The van der Waals surface area contributed by atoms with Crippen molar-refractivity contribution >= 4 is 15.9 Å². The standard InChI is InChI=1S/C11H14Br/c1-2-3-4-6-10-7-5-8-11(12)9-10/h5,7,9H,2-4,6H2,1H3.